The van der Waals surface area contributed by atoms with Gasteiger partial charge >= 0.3 is 0 Å². The van der Waals surface area contributed by atoms with Gasteiger partial charge in [0, 0.05) is 44.9 Å². The van der Waals surface area contributed by atoms with Gasteiger partial charge < -0.3 is 14.9 Å². The highest BCUT2D eigenvalue weighted by atomic mass is 16.3. The summed E-state index contributed by atoms with van der Waals surface area (Å²) in [5.41, 5.74) is 0.928. The Morgan fingerprint density at radius 3 is 2.77 bits per heavy atom. The summed E-state index contributed by atoms with van der Waals surface area (Å²) in [4.78, 5) is 27.1. The molecule has 0 radical (unpaired) electrons. The maximum atomic E-state index is 12.6. The Hall–Kier alpha value is -2.55. The molecular weight excluding hydrogens is 288 g/mol. The number of aliphatic hydroxyl groups is 1. The average molecular weight is 304 g/mol. The number of rotatable bonds is 1. The first-order valence-corrected chi connectivity index (χ1v) is 6.95. The van der Waals surface area contributed by atoms with Crippen LogP contribution in [0.5, 0.6) is 0 Å². The number of aromatic nitrogens is 4. The normalized spacial score (nSPS) is 19.3. The van der Waals surface area contributed by atoms with E-state index in [-0.39, 0.29) is 24.9 Å². The maximum absolute atomic E-state index is 12.6. The number of pyridine rings is 1. The number of aliphatic hydroxyl groups excluding tert-OH is 1. The molecule has 0 saturated carbocycles. The van der Waals surface area contributed by atoms with Crippen LogP contribution in [-0.2, 0) is 4.79 Å². The minimum Gasteiger partial charge on any atom is -0.389 e. The Labute approximate surface area is 126 Å². The minimum atomic E-state index is -0.756. The van der Waals surface area contributed by atoms with E-state index in [1.54, 1.807) is 28.1 Å². The molecule has 9 nitrogen and oxygen atoms in total. The summed E-state index contributed by atoms with van der Waals surface area (Å²) >= 11 is 0. The Bertz CT molecular complexity index is 715. The first-order valence-electron chi connectivity index (χ1n) is 6.95. The van der Waals surface area contributed by atoms with Crippen molar-refractivity contribution in [3.63, 3.8) is 0 Å². The van der Waals surface area contributed by atoms with Gasteiger partial charge in [0.15, 0.2) is 5.65 Å². The van der Waals surface area contributed by atoms with Crippen molar-refractivity contribution in [1.29, 1.82) is 0 Å². The standard InChI is InChI=1S/C13H16N6O3/c1-9(20)17-4-5-18(8-11(21)7-17)13(22)10-2-3-19-12(6-10)14-15-16-19/h2-3,6,11,21H,4-5,7-8H2,1H3/t11-/m0/s1. The van der Waals surface area contributed by atoms with Crippen LogP contribution in [0.1, 0.15) is 17.3 Å². The fourth-order valence-electron chi connectivity index (χ4n) is 2.52. The lowest BCUT2D eigenvalue weighted by Crippen LogP contribution is -2.37. The lowest BCUT2D eigenvalue weighted by atomic mass is 10.2. The maximum Gasteiger partial charge on any atom is 0.254 e. The molecular formula is C13H16N6O3. The van der Waals surface area contributed by atoms with Crippen LogP contribution in [0.4, 0.5) is 0 Å². The van der Waals surface area contributed by atoms with E-state index < -0.39 is 6.10 Å². The van der Waals surface area contributed by atoms with E-state index in [9.17, 15) is 14.7 Å². The molecule has 0 unspecified atom stereocenters. The topological polar surface area (TPSA) is 104 Å². The van der Waals surface area contributed by atoms with Gasteiger partial charge in [-0.15, -0.1) is 5.10 Å². The smallest absolute Gasteiger partial charge is 0.254 e. The number of hydrogen-bond donors (Lipinski definition) is 1. The second kappa shape index (κ2) is 5.68. The summed E-state index contributed by atoms with van der Waals surface area (Å²) in [7, 11) is 0. The first-order chi connectivity index (χ1) is 10.5. The van der Waals surface area contributed by atoms with Crippen molar-refractivity contribution in [3.8, 4) is 0 Å². The minimum absolute atomic E-state index is 0.107. The quantitative estimate of drug-likeness (QED) is 0.709. The fourth-order valence-corrected chi connectivity index (χ4v) is 2.52. The number of nitrogens with zero attached hydrogens (tertiary/aromatic N) is 6. The van der Waals surface area contributed by atoms with Gasteiger partial charge in [-0.2, -0.15) is 0 Å². The van der Waals surface area contributed by atoms with Crippen LogP contribution in [0.2, 0.25) is 0 Å². The zero-order chi connectivity index (χ0) is 15.7. The molecule has 9 heteroatoms. The van der Waals surface area contributed by atoms with Crippen LogP contribution in [0.15, 0.2) is 18.3 Å². The predicted octanol–water partition coefficient (Wildman–Crippen LogP) is -1.21. The van der Waals surface area contributed by atoms with Gasteiger partial charge in [0.05, 0.1) is 6.10 Å². The van der Waals surface area contributed by atoms with Crippen LogP contribution in [-0.4, -0.2) is 79.0 Å². The van der Waals surface area contributed by atoms with Gasteiger partial charge in [0.1, 0.15) is 0 Å². The van der Waals surface area contributed by atoms with E-state index in [4.69, 9.17) is 0 Å². The molecule has 116 valence electrons. The largest absolute Gasteiger partial charge is 0.389 e. The highest BCUT2D eigenvalue weighted by molar-refractivity contribution is 5.95. The van der Waals surface area contributed by atoms with Gasteiger partial charge in [-0.3, -0.25) is 9.59 Å². The van der Waals surface area contributed by atoms with Gasteiger partial charge in [-0.05, 0) is 22.6 Å². The van der Waals surface area contributed by atoms with Crippen LogP contribution >= 0.6 is 0 Å². The number of carbonyl (C=O) groups is 2. The van der Waals surface area contributed by atoms with E-state index in [2.05, 4.69) is 15.5 Å². The van der Waals surface area contributed by atoms with E-state index >= 15 is 0 Å². The molecule has 0 aliphatic carbocycles. The summed E-state index contributed by atoms with van der Waals surface area (Å²) in [5, 5.41) is 21.1. The number of fused-ring (bicyclic) bond motifs is 1. The number of amides is 2. The molecule has 1 aliphatic heterocycles. The van der Waals surface area contributed by atoms with Gasteiger partial charge in [-0.1, -0.05) is 0 Å². The van der Waals surface area contributed by atoms with Gasteiger partial charge in [0.2, 0.25) is 5.91 Å². The summed E-state index contributed by atoms with van der Waals surface area (Å²) in [6.45, 7) is 2.68. The highest BCUT2D eigenvalue weighted by Crippen LogP contribution is 2.11. The Kier molecular flexibility index (Phi) is 3.72. The SMILES string of the molecule is CC(=O)N1CCN(C(=O)c2ccn3nnnc3c2)C[C@@H](O)C1. The lowest BCUT2D eigenvalue weighted by molar-refractivity contribution is -0.129. The van der Waals surface area contributed by atoms with Crippen LogP contribution < -0.4 is 0 Å². The third-order valence-corrected chi connectivity index (χ3v) is 3.68. The second-order valence-electron chi connectivity index (χ2n) is 5.27. The molecule has 0 bridgehead atoms. The number of tetrazole rings is 1. The third kappa shape index (κ3) is 2.75. The molecule has 2 aromatic rings. The van der Waals surface area contributed by atoms with Crippen molar-refractivity contribution in [2.24, 2.45) is 0 Å². The van der Waals surface area contributed by atoms with E-state index in [1.807, 2.05) is 0 Å². The molecule has 3 heterocycles. The van der Waals surface area contributed by atoms with Gasteiger partial charge in [-0.25, -0.2) is 4.52 Å². The number of β-amino-alcohol motifs (C(OH)–C–C–N with tert-alkyl or cyclic N) is 1. The molecule has 2 aromatic heterocycles. The summed E-state index contributed by atoms with van der Waals surface area (Å²) < 4.78 is 1.46. The highest BCUT2D eigenvalue weighted by Gasteiger charge is 2.26. The number of hydrogen-bond acceptors (Lipinski definition) is 6. The monoisotopic (exact) mass is 304 g/mol. The molecule has 0 spiro atoms. The van der Waals surface area contributed by atoms with Crippen LogP contribution in [0, 0.1) is 0 Å². The van der Waals surface area contributed by atoms with Crippen molar-refractivity contribution in [2.75, 3.05) is 26.2 Å². The van der Waals surface area contributed by atoms with Crippen molar-refractivity contribution < 1.29 is 14.7 Å². The Morgan fingerprint density at radius 1 is 1.27 bits per heavy atom. The third-order valence-electron chi connectivity index (χ3n) is 3.68. The lowest BCUT2D eigenvalue weighted by Gasteiger charge is -2.21. The van der Waals surface area contributed by atoms with Crippen molar-refractivity contribution >= 4 is 17.5 Å². The van der Waals surface area contributed by atoms with Crippen LogP contribution in [0.3, 0.4) is 0 Å². The van der Waals surface area contributed by atoms with Crippen LogP contribution in [0.25, 0.3) is 5.65 Å². The summed E-state index contributed by atoms with van der Waals surface area (Å²) in [6, 6.07) is 3.23. The number of carbonyl (C=O) groups excluding carboxylic acids is 2. The van der Waals surface area contributed by atoms with Crippen molar-refractivity contribution in [3.05, 3.63) is 23.9 Å². The summed E-state index contributed by atoms with van der Waals surface area (Å²) in [5.74, 6) is -0.320. The molecule has 2 amide bonds. The first kappa shape index (κ1) is 14.4. The fraction of sp³-hybridized carbons (Fsp3) is 0.462. The zero-order valence-electron chi connectivity index (χ0n) is 12.1. The van der Waals surface area contributed by atoms with E-state index in [1.165, 1.54) is 11.4 Å². The molecule has 1 atom stereocenters. The Morgan fingerprint density at radius 2 is 2.00 bits per heavy atom. The molecule has 0 aromatic carbocycles. The van der Waals surface area contributed by atoms with E-state index in [0.717, 1.165) is 0 Å². The Balaban J connectivity index is 1.80. The predicted molar refractivity (Wildman–Crippen MR) is 74.9 cm³/mol. The van der Waals surface area contributed by atoms with Crippen molar-refractivity contribution in [1.82, 2.24) is 29.8 Å². The van der Waals surface area contributed by atoms with Gasteiger partial charge in [0.25, 0.3) is 5.91 Å². The molecule has 1 fully saturated rings. The second-order valence-corrected chi connectivity index (χ2v) is 5.27. The molecule has 3 rings (SSSR count). The van der Waals surface area contributed by atoms with Crippen molar-refractivity contribution in [2.45, 2.75) is 13.0 Å². The van der Waals surface area contributed by atoms with E-state index in [0.29, 0.717) is 24.3 Å². The zero-order valence-corrected chi connectivity index (χ0v) is 12.1. The summed E-state index contributed by atoms with van der Waals surface area (Å²) in [6.07, 6.45) is 0.854. The molecule has 22 heavy (non-hydrogen) atoms. The molecule has 1 saturated heterocycles. The molecule has 1 aliphatic rings. The molecule has 1 N–H and O–H groups in total. The average Bonchev–Trinajstić information content (AvgIpc) is 2.87.